The summed E-state index contributed by atoms with van der Waals surface area (Å²) in [6, 6.07) is 59.6. The summed E-state index contributed by atoms with van der Waals surface area (Å²) in [5.74, 6) is 0.338. The van der Waals surface area contributed by atoms with Crippen LogP contribution in [0.1, 0.15) is 177 Å². The molecule has 8 aromatic carbocycles. The summed E-state index contributed by atoms with van der Waals surface area (Å²) in [7, 11) is 0. The number of furan rings is 1. The maximum atomic E-state index is 7.04. The molecule has 0 radical (unpaired) electrons. The average Bonchev–Trinajstić information content (AvgIpc) is 3.12. The lowest BCUT2D eigenvalue weighted by Crippen LogP contribution is -2.64. The Kier molecular flexibility index (Phi) is 10.4. The number of para-hydroxylation sites is 2. The maximum absolute atomic E-state index is 7.04. The molecule has 396 valence electrons. The van der Waals surface area contributed by atoms with E-state index in [1.807, 2.05) is 0 Å². The van der Waals surface area contributed by atoms with Crippen LogP contribution in [0.25, 0.3) is 33.1 Å². The number of rotatable bonds is 5. The minimum Gasteiger partial charge on any atom is -0.454 e. The van der Waals surface area contributed by atoms with Crippen molar-refractivity contribution in [3.05, 3.63) is 196 Å². The maximum Gasteiger partial charge on any atom is 0.247 e. The van der Waals surface area contributed by atoms with Crippen molar-refractivity contribution < 1.29 is 4.42 Å². The van der Waals surface area contributed by atoms with Crippen molar-refractivity contribution in [1.82, 2.24) is 0 Å². The lowest BCUT2D eigenvalue weighted by molar-refractivity contribution is 0.0603. The lowest BCUT2D eigenvalue weighted by Gasteiger charge is -2.58. The normalized spacial score (nSPS) is 23.3. The van der Waals surface area contributed by atoms with Crippen LogP contribution < -0.4 is 26.2 Å². The summed E-state index contributed by atoms with van der Waals surface area (Å²) in [4.78, 5) is 5.31. The van der Waals surface area contributed by atoms with Crippen LogP contribution >= 0.6 is 0 Å². The first-order chi connectivity index (χ1) is 37.8. The summed E-state index contributed by atoms with van der Waals surface area (Å²) in [5.41, 5.74) is 28.4. The van der Waals surface area contributed by atoms with Crippen molar-refractivity contribution >= 4 is 79.2 Å². The van der Waals surface area contributed by atoms with E-state index in [9.17, 15) is 0 Å². The number of nitrogens with zero attached hydrogens (tertiary/aromatic N) is 2. The zero-order chi connectivity index (χ0) is 54.3. The molecule has 0 bridgehead atoms. The molecule has 6 aliphatic rings. The van der Waals surface area contributed by atoms with Crippen LogP contribution in [0.15, 0.2) is 156 Å². The standard InChI is InChI=1S/C75H77BN2O/c1-46-39-53-54-45-74(10)33-17-18-34-75(74,11)56-25-20-26-61(67(54)56)76-60-32-30-49(42-64(60)78(65(40-46)68(53)76)63-44-59-58(72(6,7)37-38-73(59,8)9)43-52(63)47-21-13-12-14-22-47)77(48-29-31-55-57(41-48)71(4,5)36-35-70(55,2)3)62-27-19-24-51-50-23-15-16-28-66(50)79-69(51)62/h12-16,19-32,39-44,54H,17-18,33-38,45H2,1-11H3. The smallest absolute Gasteiger partial charge is 0.247 e. The molecule has 3 nitrogen and oxygen atoms in total. The quantitative estimate of drug-likeness (QED) is 0.160. The van der Waals surface area contributed by atoms with Crippen molar-refractivity contribution in [2.45, 2.75) is 167 Å². The van der Waals surface area contributed by atoms with Gasteiger partial charge in [0.15, 0.2) is 5.58 Å². The molecule has 0 amide bonds. The third-order valence-corrected chi connectivity index (χ3v) is 22.1. The van der Waals surface area contributed by atoms with Crippen LogP contribution in [0.2, 0.25) is 0 Å². The number of anilines is 6. The van der Waals surface area contributed by atoms with Crippen molar-refractivity contribution in [2.75, 3.05) is 9.80 Å². The molecule has 0 saturated heterocycles. The predicted octanol–water partition coefficient (Wildman–Crippen LogP) is 18.7. The Morgan fingerprint density at radius 1 is 0.506 bits per heavy atom. The zero-order valence-electron chi connectivity index (χ0n) is 48.8. The predicted molar refractivity (Wildman–Crippen MR) is 335 cm³/mol. The molecule has 0 N–H and O–H groups in total. The van der Waals surface area contributed by atoms with Crippen LogP contribution in [-0.4, -0.2) is 6.71 Å². The molecule has 3 unspecified atom stereocenters. The van der Waals surface area contributed by atoms with Gasteiger partial charge < -0.3 is 14.2 Å². The number of hydrogen-bond acceptors (Lipinski definition) is 3. The molecule has 0 spiro atoms. The zero-order valence-corrected chi connectivity index (χ0v) is 48.8. The van der Waals surface area contributed by atoms with E-state index in [0.717, 1.165) is 58.3 Å². The van der Waals surface area contributed by atoms with Gasteiger partial charge in [-0.3, -0.25) is 0 Å². The highest BCUT2D eigenvalue weighted by molar-refractivity contribution is 6.99. The summed E-state index contributed by atoms with van der Waals surface area (Å²) in [5, 5.41) is 2.28. The topological polar surface area (TPSA) is 19.6 Å². The molecule has 2 aliphatic heterocycles. The number of fused-ring (bicyclic) bond motifs is 11. The molecule has 3 atom stereocenters. The lowest BCUT2D eigenvalue weighted by atomic mass is 9.29. The SMILES string of the molecule is Cc1cc2c3c(c1)N(c1cc4c(cc1-c1ccccc1)C(C)(C)CCC4(C)C)c1cc(N(c4ccc5c(c4)C(C)(C)CCC5(C)C)c4cccc5c4oc4ccccc45)ccc1B3c1cccc3c1C2CC1(C)CCCCC31C. The van der Waals surface area contributed by atoms with Gasteiger partial charge in [-0.2, -0.15) is 0 Å². The van der Waals surface area contributed by atoms with Crippen molar-refractivity contribution in [3.63, 3.8) is 0 Å². The molecule has 79 heavy (non-hydrogen) atoms. The highest BCUT2D eigenvalue weighted by Gasteiger charge is 2.56. The Morgan fingerprint density at radius 3 is 1.92 bits per heavy atom. The van der Waals surface area contributed by atoms with Crippen molar-refractivity contribution in [2.24, 2.45) is 5.41 Å². The second kappa shape index (κ2) is 16.7. The summed E-state index contributed by atoms with van der Waals surface area (Å²) < 4.78 is 7.04. The van der Waals surface area contributed by atoms with Crippen LogP contribution in [-0.2, 0) is 27.1 Å². The summed E-state index contributed by atoms with van der Waals surface area (Å²) in [6.07, 6.45) is 11.0. The van der Waals surface area contributed by atoms with Gasteiger partial charge in [-0.05, 0) is 200 Å². The molecule has 9 aromatic rings. The van der Waals surface area contributed by atoms with Gasteiger partial charge in [0, 0.05) is 45.0 Å². The van der Waals surface area contributed by atoms with E-state index in [-0.39, 0.29) is 39.2 Å². The Bertz CT molecular complexity index is 4040. The largest absolute Gasteiger partial charge is 0.454 e. The molecule has 3 heterocycles. The van der Waals surface area contributed by atoms with Gasteiger partial charge in [0.05, 0.1) is 11.4 Å². The fourth-order valence-corrected chi connectivity index (χ4v) is 17.1. The van der Waals surface area contributed by atoms with Gasteiger partial charge in [-0.25, -0.2) is 0 Å². The molecule has 15 rings (SSSR count). The van der Waals surface area contributed by atoms with E-state index in [1.54, 1.807) is 16.7 Å². The second-order valence-corrected chi connectivity index (χ2v) is 28.6. The Hall–Kier alpha value is -6.78. The Morgan fingerprint density at radius 2 is 1.15 bits per heavy atom. The molecule has 1 saturated carbocycles. The second-order valence-electron chi connectivity index (χ2n) is 28.6. The van der Waals surface area contributed by atoms with E-state index >= 15 is 0 Å². The van der Waals surface area contributed by atoms with Crippen molar-refractivity contribution in [1.29, 1.82) is 0 Å². The number of hydrogen-bond donors (Lipinski definition) is 0. The molecule has 4 heteroatoms. The van der Waals surface area contributed by atoms with Crippen LogP contribution in [0.4, 0.5) is 34.1 Å². The third-order valence-electron chi connectivity index (χ3n) is 22.1. The molecule has 4 aliphatic carbocycles. The number of benzene rings is 8. The van der Waals surface area contributed by atoms with Gasteiger partial charge in [0.25, 0.3) is 0 Å². The highest BCUT2D eigenvalue weighted by Crippen LogP contribution is 2.63. The van der Waals surface area contributed by atoms with E-state index in [1.165, 1.54) is 111 Å². The van der Waals surface area contributed by atoms with Crippen LogP contribution in [0.3, 0.4) is 0 Å². The molecule has 1 aromatic heterocycles. The van der Waals surface area contributed by atoms with E-state index in [2.05, 4.69) is 238 Å². The Balaban J connectivity index is 1.05. The average molecular weight is 1030 g/mol. The van der Waals surface area contributed by atoms with Gasteiger partial charge in [-0.1, -0.05) is 185 Å². The fourth-order valence-electron chi connectivity index (χ4n) is 17.1. The highest BCUT2D eigenvalue weighted by atomic mass is 16.3. The molecular formula is C75H77BN2O. The van der Waals surface area contributed by atoms with Gasteiger partial charge >= 0.3 is 0 Å². The van der Waals surface area contributed by atoms with Gasteiger partial charge in [0.2, 0.25) is 6.71 Å². The summed E-state index contributed by atoms with van der Waals surface area (Å²) >= 11 is 0. The minimum atomic E-state index is 0.000236. The molecule has 1 fully saturated rings. The van der Waals surface area contributed by atoms with Gasteiger partial charge in [0.1, 0.15) is 5.58 Å². The van der Waals surface area contributed by atoms with Crippen LogP contribution in [0, 0.1) is 12.3 Å². The first-order valence-corrected chi connectivity index (χ1v) is 30.1. The third kappa shape index (κ3) is 6.97. The van der Waals surface area contributed by atoms with Crippen molar-refractivity contribution in [3.8, 4) is 11.1 Å². The monoisotopic (exact) mass is 1030 g/mol. The Labute approximate surface area is 470 Å². The fraction of sp³-hybridized carbons (Fsp3) is 0.360. The summed E-state index contributed by atoms with van der Waals surface area (Å²) in [6.45, 7) is 27.5. The molecular weight excluding hydrogens is 956 g/mol. The van der Waals surface area contributed by atoms with E-state index < -0.39 is 0 Å². The minimum absolute atomic E-state index is 0.000236. The first kappa shape index (κ1) is 49.3. The first-order valence-electron chi connectivity index (χ1n) is 30.1. The van der Waals surface area contributed by atoms with Crippen LogP contribution in [0.5, 0.6) is 0 Å². The van der Waals surface area contributed by atoms with Gasteiger partial charge in [-0.15, -0.1) is 0 Å². The number of aryl methyl sites for hydroxylation is 1. The van der Waals surface area contributed by atoms with E-state index in [4.69, 9.17) is 4.42 Å². The van der Waals surface area contributed by atoms with E-state index in [0.29, 0.717) is 5.92 Å².